The van der Waals surface area contributed by atoms with E-state index in [-0.39, 0.29) is 31.3 Å². The number of hydrogen-bond acceptors (Lipinski definition) is 3. The van der Waals surface area contributed by atoms with E-state index in [2.05, 4.69) is 0 Å². The van der Waals surface area contributed by atoms with E-state index >= 15 is 0 Å². The first-order valence-electron chi connectivity index (χ1n) is 5.83. The summed E-state index contributed by atoms with van der Waals surface area (Å²) in [5, 5.41) is 8.87. The summed E-state index contributed by atoms with van der Waals surface area (Å²) in [6.07, 6.45) is -0.177. The molecule has 1 aromatic rings. The molecule has 0 spiro atoms. The van der Waals surface area contributed by atoms with Gasteiger partial charge in [-0.3, -0.25) is 14.4 Å². The molecule has 1 saturated heterocycles. The van der Waals surface area contributed by atoms with Gasteiger partial charge in [-0.2, -0.15) is 0 Å². The van der Waals surface area contributed by atoms with Crippen molar-refractivity contribution in [2.75, 3.05) is 25.0 Å². The molecule has 0 atom stereocenters. The molecule has 1 heterocycles. The Kier molecular flexibility index (Phi) is 3.50. The van der Waals surface area contributed by atoms with E-state index in [1.165, 1.54) is 9.80 Å². The molecule has 6 heteroatoms. The Labute approximate surface area is 110 Å². The van der Waals surface area contributed by atoms with Crippen LogP contribution in [0.3, 0.4) is 0 Å². The first kappa shape index (κ1) is 13.1. The van der Waals surface area contributed by atoms with Gasteiger partial charge >= 0.3 is 5.97 Å². The smallest absolute Gasteiger partial charge is 0.307 e. The highest BCUT2D eigenvalue weighted by molar-refractivity contribution is 6.05. The Bertz CT molecular complexity index is 541. The van der Waals surface area contributed by atoms with Gasteiger partial charge in [-0.25, -0.2) is 0 Å². The van der Waals surface area contributed by atoms with Crippen molar-refractivity contribution in [3.05, 3.63) is 29.8 Å². The molecule has 100 valence electrons. The molecule has 0 unspecified atom stereocenters. The minimum absolute atomic E-state index is 0.0141. The van der Waals surface area contributed by atoms with Gasteiger partial charge in [0, 0.05) is 12.7 Å². The third-order valence-corrected chi connectivity index (χ3v) is 3.02. The SMILES string of the molecule is CN1CC(=O)N(c2ccccc2CC(=O)O)CC1=O. The van der Waals surface area contributed by atoms with Crippen LogP contribution in [0.5, 0.6) is 0 Å². The van der Waals surface area contributed by atoms with Gasteiger partial charge in [-0.05, 0) is 11.6 Å². The summed E-state index contributed by atoms with van der Waals surface area (Å²) in [6.45, 7) is -0.0355. The van der Waals surface area contributed by atoms with Crippen LogP contribution in [0.25, 0.3) is 0 Å². The summed E-state index contributed by atoms with van der Waals surface area (Å²) in [5.74, 6) is -1.34. The number of carbonyl (C=O) groups is 3. The Balaban J connectivity index is 2.33. The molecule has 1 aliphatic rings. The van der Waals surface area contributed by atoms with E-state index < -0.39 is 5.97 Å². The molecule has 2 amide bonds. The number of aliphatic carboxylic acids is 1. The van der Waals surface area contributed by atoms with Crippen LogP contribution in [-0.4, -0.2) is 47.9 Å². The van der Waals surface area contributed by atoms with Crippen LogP contribution in [-0.2, 0) is 20.8 Å². The van der Waals surface area contributed by atoms with Crippen molar-refractivity contribution in [2.24, 2.45) is 0 Å². The average molecular weight is 262 g/mol. The lowest BCUT2D eigenvalue weighted by molar-refractivity contribution is -0.136. The summed E-state index contributed by atoms with van der Waals surface area (Å²) in [6, 6.07) is 6.75. The third kappa shape index (κ3) is 2.73. The number of rotatable bonds is 3. The maximum atomic E-state index is 12.0. The fraction of sp³-hybridized carbons (Fsp3) is 0.308. The number of para-hydroxylation sites is 1. The molecule has 19 heavy (non-hydrogen) atoms. The maximum Gasteiger partial charge on any atom is 0.307 e. The lowest BCUT2D eigenvalue weighted by Crippen LogP contribution is -2.52. The summed E-state index contributed by atoms with van der Waals surface area (Å²) >= 11 is 0. The standard InChI is InChI=1S/C13H14N2O4/c1-14-7-12(17)15(8-11(14)16)10-5-3-2-4-9(10)6-13(18)19/h2-5H,6-8H2,1H3,(H,18,19). The van der Waals surface area contributed by atoms with Crippen molar-refractivity contribution in [1.82, 2.24) is 4.90 Å². The van der Waals surface area contributed by atoms with E-state index in [4.69, 9.17) is 5.11 Å². The predicted octanol–water partition coefficient (Wildman–Crippen LogP) is 0.119. The number of benzene rings is 1. The van der Waals surface area contributed by atoms with Crippen molar-refractivity contribution < 1.29 is 19.5 Å². The Morgan fingerprint density at radius 2 is 1.89 bits per heavy atom. The summed E-state index contributed by atoms with van der Waals surface area (Å²) in [5.41, 5.74) is 1.03. The fourth-order valence-electron chi connectivity index (χ4n) is 2.03. The van der Waals surface area contributed by atoms with Gasteiger partial charge in [0.05, 0.1) is 13.0 Å². The molecule has 0 aromatic heterocycles. The lowest BCUT2D eigenvalue weighted by atomic mass is 10.1. The maximum absolute atomic E-state index is 12.0. The number of nitrogens with zero attached hydrogens (tertiary/aromatic N) is 2. The van der Waals surface area contributed by atoms with Gasteiger partial charge in [0.2, 0.25) is 11.8 Å². The number of likely N-dealkylation sites (N-methyl/N-ethyl adjacent to an activating group) is 1. The van der Waals surface area contributed by atoms with E-state index in [0.717, 1.165) is 0 Å². The number of piperazine rings is 1. The zero-order valence-corrected chi connectivity index (χ0v) is 10.5. The van der Waals surface area contributed by atoms with Gasteiger partial charge in [-0.1, -0.05) is 18.2 Å². The lowest BCUT2D eigenvalue weighted by Gasteiger charge is -2.32. The van der Waals surface area contributed by atoms with Gasteiger partial charge in [0.1, 0.15) is 6.54 Å². The van der Waals surface area contributed by atoms with Crippen molar-refractivity contribution >= 4 is 23.5 Å². The second-order valence-corrected chi connectivity index (χ2v) is 4.43. The fourth-order valence-corrected chi connectivity index (χ4v) is 2.03. The zero-order chi connectivity index (χ0) is 14.0. The Hall–Kier alpha value is -2.37. The van der Waals surface area contributed by atoms with Crippen LogP contribution in [0, 0.1) is 0 Å². The van der Waals surface area contributed by atoms with Crippen molar-refractivity contribution in [2.45, 2.75) is 6.42 Å². The Morgan fingerprint density at radius 1 is 1.21 bits per heavy atom. The Morgan fingerprint density at radius 3 is 2.58 bits per heavy atom. The minimum atomic E-state index is -0.972. The monoisotopic (exact) mass is 262 g/mol. The number of hydrogen-bond donors (Lipinski definition) is 1. The van der Waals surface area contributed by atoms with E-state index in [0.29, 0.717) is 11.3 Å². The van der Waals surface area contributed by atoms with Gasteiger partial charge < -0.3 is 14.9 Å². The van der Waals surface area contributed by atoms with Crippen LogP contribution in [0.1, 0.15) is 5.56 Å². The van der Waals surface area contributed by atoms with E-state index in [9.17, 15) is 14.4 Å². The molecule has 1 N–H and O–H groups in total. The summed E-state index contributed by atoms with van der Waals surface area (Å²) < 4.78 is 0. The van der Waals surface area contributed by atoms with Crippen molar-refractivity contribution in [3.63, 3.8) is 0 Å². The van der Waals surface area contributed by atoms with Crippen LogP contribution < -0.4 is 4.90 Å². The molecule has 2 rings (SSSR count). The molecule has 0 aliphatic carbocycles. The second-order valence-electron chi connectivity index (χ2n) is 4.43. The van der Waals surface area contributed by atoms with Gasteiger partial charge in [0.15, 0.2) is 0 Å². The molecular weight excluding hydrogens is 248 g/mol. The minimum Gasteiger partial charge on any atom is -0.481 e. The molecule has 0 saturated carbocycles. The number of carboxylic acid groups (broad SMARTS) is 1. The molecular formula is C13H14N2O4. The first-order valence-corrected chi connectivity index (χ1v) is 5.83. The van der Waals surface area contributed by atoms with Crippen LogP contribution in [0.4, 0.5) is 5.69 Å². The predicted molar refractivity (Wildman–Crippen MR) is 67.8 cm³/mol. The highest BCUT2D eigenvalue weighted by atomic mass is 16.4. The first-order chi connectivity index (χ1) is 8.99. The van der Waals surface area contributed by atoms with Crippen molar-refractivity contribution in [3.8, 4) is 0 Å². The number of carboxylic acids is 1. The molecule has 0 bridgehead atoms. The van der Waals surface area contributed by atoms with Gasteiger partial charge in [0.25, 0.3) is 0 Å². The molecule has 0 radical (unpaired) electrons. The molecule has 1 aliphatic heterocycles. The quantitative estimate of drug-likeness (QED) is 0.839. The van der Waals surface area contributed by atoms with E-state index in [1.54, 1.807) is 31.3 Å². The van der Waals surface area contributed by atoms with Crippen LogP contribution >= 0.6 is 0 Å². The number of carbonyl (C=O) groups excluding carboxylic acids is 2. The number of anilines is 1. The summed E-state index contributed by atoms with van der Waals surface area (Å²) in [4.78, 5) is 37.2. The second kappa shape index (κ2) is 5.09. The largest absolute Gasteiger partial charge is 0.481 e. The zero-order valence-electron chi connectivity index (χ0n) is 10.5. The van der Waals surface area contributed by atoms with Crippen LogP contribution in [0.15, 0.2) is 24.3 Å². The summed E-state index contributed by atoms with van der Waals surface area (Å²) in [7, 11) is 1.57. The van der Waals surface area contributed by atoms with Crippen molar-refractivity contribution in [1.29, 1.82) is 0 Å². The topological polar surface area (TPSA) is 77.9 Å². The van der Waals surface area contributed by atoms with Gasteiger partial charge in [-0.15, -0.1) is 0 Å². The van der Waals surface area contributed by atoms with E-state index in [1.807, 2.05) is 0 Å². The highest BCUT2D eigenvalue weighted by Gasteiger charge is 2.29. The highest BCUT2D eigenvalue weighted by Crippen LogP contribution is 2.23. The molecule has 1 fully saturated rings. The third-order valence-electron chi connectivity index (χ3n) is 3.02. The normalized spacial score (nSPS) is 15.8. The number of amides is 2. The molecule has 6 nitrogen and oxygen atoms in total. The molecule has 1 aromatic carbocycles. The average Bonchev–Trinajstić information content (AvgIpc) is 2.34. The van der Waals surface area contributed by atoms with Crippen LogP contribution in [0.2, 0.25) is 0 Å².